The summed E-state index contributed by atoms with van der Waals surface area (Å²) in [6, 6.07) is 0.162. The van der Waals surface area contributed by atoms with Crippen LogP contribution in [0.4, 0.5) is 0 Å². The molecule has 2 N–H and O–H groups in total. The van der Waals surface area contributed by atoms with Crippen molar-refractivity contribution in [1.29, 1.82) is 0 Å². The van der Waals surface area contributed by atoms with Crippen LogP contribution in [-0.4, -0.2) is 18.5 Å². The van der Waals surface area contributed by atoms with E-state index in [2.05, 4.69) is 16.2 Å². The van der Waals surface area contributed by atoms with Gasteiger partial charge in [0.1, 0.15) is 0 Å². The van der Waals surface area contributed by atoms with Gasteiger partial charge in [-0.2, -0.15) is 0 Å². The molecular formula is C6H16NOP. The molecule has 0 fully saturated rings. The third kappa shape index (κ3) is 3.85. The van der Waals surface area contributed by atoms with Gasteiger partial charge in [0.05, 0.1) is 5.85 Å². The van der Waals surface area contributed by atoms with Gasteiger partial charge in [-0.15, -0.1) is 9.24 Å². The standard InChI is InChI=1S/C6H16NOP/c1-3-5(7)6(9)8-4-2/h5-6H,3-4,7,9H2,1-2H3. The minimum atomic E-state index is 0.125. The first-order chi connectivity index (χ1) is 4.22. The minimum absolute atomic E-state index is 0.125. The fraction of sp³-hybridized carbons (Fsp3) is 1.00. The van der Waals surface area contributed by atoms with Crippen LogP contribution in [0.5, 0.6) is 0 Å². The van der Waals surface area contributed by atoms with E-state index < -0.39 is 0 Å². The van der Waals surface area contributed by atoms with Crippen LogP contribution >= 0.6 is 9.24 Å². The Bertz CT molecular complexity index is 70.1. The fourth-order valence-corrected chi connectivity index (χ4v) is 1.01. The Labute approximate surface area is 59.3 Å². The Morgan fingerprint density at radius 2 is 2.11 bits per heavy atom. The molecular weight excluding hydrogens is 133 g/mol. The van der Waals surface area contributed by atoms with Crippen LogP contribution in [-0.2, 0) is 4.74 Å². The second-order valence-electron chi connectivity index (χ2n) is 1.99. The third-order valence-corrected chi connectivity index (χ3v) is 1.94. The third-order valence-electron chi connectivity index (χ3n) is 1.25. The minimum Gasteiger partial charge on any atom is -0.373 e. The fourth-order valence-electron chi connectivity index (χ4n) is 0.548. The van der Waals surface area contributed by atoms with E-state index in [4.69, 9.17) is 10.5 Å². The normalized spacial score (nSPS) is 17.3. The molecule has 9 heavy (non-hydrogen) atoms. The van der Waals surface area contributed by atoms with E-state index in [-0.39, 0.29) is 11.9 Å². The Morgan fingerprint density at radius 1 is 1.56 bits per heavy atom. The predicted molar refractivity (Wildman–Crippen MR) is 43.4 cm³/mol. The van der Waals surface area contributed by atoms with Crippen molar-refractivity contribution in [1.82, 2.24) is 0 Å². The lowest BCUT2D eigenvalue weighted by Gasteiger charge is -2.17. The number of nitrogens with two attached hydrogens (primary N) is 1. The van der Waals surface area contributed by atoms with Gasteiger partial charge in [-0.3, -0.25) is 0 Å². The first kappa shape index (κ1) is 9.35. The summed E-state index contributed by atoms with van der Waals surface area (Å²) in [6.45, 7) is 4.77. The Hall–Kier alpha value is 0.350. The summed E-state index contributed by atoms with van der Waals surface area (Å²) in [5.41, 5.74) is 5.66. The molecule has 0 heterocycles. The topological polar surface area (TPSA) is 35.2 Å². The van der Waals surface area contributed by atoms with Crippen molar-refractivity contribution in [2.75, 3.05) is 6.61 Å². The summed E-state index contributed by atoms with van der Waals surface area (Å²) < 4.78 is 5.23. The average Bonchev–Trinajstić information content (AvgIpc) is 1.87. The molecule has 0 saturated carbocycles. The van der Waals surface area contributed by atoms with Crippen LogP contribution < -0.4 is 5.73 Å². The molecule has 0 saturated heterocycles. The molecule has 0 radical (unpaired) electrons. The van der Waals surface area contributed by atoms with Gasteiger partial charge in [-0.25, -0.2) is 0 Å². The summed E-state index contributed by atoms with van der Waals surface area (Å²) in [7, 11) is 2.59. The number of rotatable bonds is 4. The van der Waals surface area contributed by atoms with Gasteiger partial charge in [0, 0.05) is 12.6 Å². The molecule has 0 amide bonds. The van der Waals surface area contributed by atoms with Crippen LogP contribution in [0.1, 0.15) is 20.3 Å². The lowest BCUT2D eigenvalue weighted by molar-refractivity contribution is 0.105. The van der Waals surface area contributed by atoms with E-state index >= 15 is 0 Å². The van der Waals surface area contributed by atoms with Crippen molar-refractivity contribution >= 4 is 9.24 Å². The molecule has 0 rings (SSSR count). The number of hydrogen-bond donors (Lipinski definition) is 1. The highest BCUT2D eigenvalue weighted by molar-refractivity contribution is 7.17. The van der Waals surface area contributed by atoms with Crippen molar-refractivity contribution in [3.63, 3.8) is 0 Å². The van der Waals surface area contributed by atoms with Gasteiger partial charge >= 0.3 is 0 Å². The van der Waals surface area contributed by atoms with E-state index in [0.717, 1.165) is 13.0 Å². The van der Waals surface area contributed by atoms with Crippen LogP contribution in [0.2, 0.25) is 0 Å². The van der Waals surface area contributed by atoms with Crippen molar-refractivity contribution in [3.05, 3.63) is 0 Å². The zero-order chi connectivity index (χ0) is 7.28. The molecule has 3 unspecified atom stereocenters. The van der Waals surface area contributed by atoms with E-state index in [1.165, 1.54) is 0 Å². The maximum absolute atomic E-state index is 5.66. The van der Waals surface area contributed by atoms with E-state index in [0.29, 0.717) is 0 Å². The van der Waals surface area contributed by atoms with E-state index in [9.17, 15) is 0 Å². The molecule has 0 bridgehead atoms. The van der Waals surface area contributed by atoms with Crippen molar-refractivity contribution in [3.8, 4) is 0 Å². The maximum Gasteiger partial charge on any atom is 0.0858 e. The lowest BCUT2D eigenvalue weighted by atomic mass is 10.2. The SMILES string of the molecule is CCOC(P)C(N)CC. The van der Waals surface area contributed by atoms with Gasteiger partial charge in [0.25, 0.3) is 0 Å². The Kier molecular flexibility index (Phi) is 5.36. The van der Waals surface area contributed by atoms with Gasteiger partial charge in [-0.1, -0.05) is 6.92 Å². The highest BCUT2D eigenvalue weighted by Crippen LogP contribution is 2.07. The van der Waals surface area contributed by atoms with Gasteiger partial charge in [-0.05, 0) is 13.3 Å². The summed E-state index contributed by atoms with van der Waals surface area (Å²) >= 11 is 0. The van der Waals surface area contributed by atoms with Crippen LogP contribution in [0, 0.1) is 0 Å². The summed E-state index contributed by atoms with van der Waals surface area (Å²) in [6.07, 6.45) is 0.966. The van der Waals surface area contributed by atoms with Crippen LogP contribution in [0.3, 0.4) is 0 Å². The molecule has 0 aliphatic carbocycles. The van der Waals surface area contributed by atoms with Crippen molar-refractivity contribution < 1.29 is 4.74 Å². The number of hydrogen-bond acceptors (Lipinski definition) is 2. The molecule has 0 aromatic rings. The largest absolute Gasteiger partial charge is 0.373 e. The maximum atomic E-state index is 5.66. The molecule has 0 aliphatic rings. The number of ether oxygens (including phenoxy) is 1. The van der Waals surface area contributed by atoms with E-state index in [1.807, 2.05) is 6.92 Å². The highest BCUT2D eigenvalue weighted by Gasteiger charge is 2.08. The van der Waals surface area contributed by atoms with Crippen molar-refractivity contribution in [2.24, 2.45) is 5.73 Å². The molecule has 0 aromatic heterocycles. The van der Waals surface area contributed by atoms with Gasteiger partial charge in [0.15, 0.2) is 0 Å². The zero-order valence-corrected chi connectivity index (χ0v) is 7.29. The first-order valence-electron chi connectivity index (χ1n) is 3.35. The second kappa shape index (κ2) is 5.16. The van der Waals surface area contributed by atoms with E-state index in [1.54, 1.807) is 0 Å². The molecule has 0 aliphatic heterocycles. The molecule has 0 spiro atoms. The summed E-state index contributed by atoms with van der Waals surface area (Å²) in [4.78, 5) is 0. The lowest BCUT2D eigenvalue weighted by Crippen LogP contribution is -2.31. The van der Waals surface area contributed by atoms with Crippen molar-refractivity contribution in [2.45, 2.75) is 32.2 Å². The Morgan fingerprint density at radius 3 is 2.44 bits per heavy atom. The molecule has 56 valence electrons. The zero-order valence-electron chi connectivity index (χ0n) is 6.13. The Balaban J connectivity index is 3.32. The molecule has 0 aromatic carbocycles. The van der Waals surface area contributed by atoms with Gasteiger partial charge in [0.2, 0.25) is 0 Å². The highest BCUT2D eigenvalue weighted by atomic mass is 31.0. The monoisotopic (exact) mass is 149 g/mol. The van der Waals surface area contributed by atoms with Gasteiger partial charge < -0.3 is 10.5 Å². The summed E-state index contributed by atoms with van der Waals surface area (Å²) in [5, 5.41) is 0. The summed E-state index contributed by atoms with van der Waals surface area (Å²) in [5.74, 6) is 0.125. The average molecular weight is 149 g/mol. The second-order valence-corrected chi connectivity index (χ2v) is 2.65. The quantitative estimate of drug-likeness (QED) is 0.604. The van der Waals surface area contributed by atoms with Crippen LogP contribution in [0.25, 0.3) is 0 Å². The first-order valence-corrected chi connectivity index (χ1v) is 4.01. The van der Waals surface area contributed by atoms with Crippen LogP contribution in [0.15, 0.2) is 0 Å². The molecule has 3 heteroatoms. The molecule has 2 nitrogen and oxygen atoms in total. The molecule has 3 atom stereocenters. The predicted octanol–water partition coefficient (Wildman–Crippen LogP) is 0.961. The smallest absolute Gasteiger partial charge is 0.0858 e.